The Morgan fingerprint density at radius 2 is 1.88 bits per heavy atom. The van der Waals surface area contributed by atoms with E-state index >= 15 is 0 Å². The number of H-pyrrole nitrogens is 2. The summed E-state index contributed by atoms with van der Waals surface area (Å²) in [6.07, 6.45) is 4.21. The van der Waals surface area contributed by atoms with Gasteiger partial charge in [-0.25, -0.2) is 14.8 Å². The van der Waals surface area contributed by atoms with E-state index in [1.807, 2.05) is 12.1 Å². The number of hydrogen-bond acceptors (Lipinski definition) is 5. The third kappa shape index (κ3) is 2.26. The predicted octanol–water partition coefficient (Wildman–Crippen LogP) is 1.37. The highest BCUT2D eigenvalue weighted by Gasteiger charge is 2.24. The molecule has 3 heterocycles. The van der Waals surface area contributed by atoms with Crippen LogP contribution in [0.3, 0.4) is 0 Å². The van der Waals surface area contributed by atoms with Gasteiger partial charge in [0.15, 0.2) is 0 Å². The highest BCUT2D eigenvalue weighted by atomic mass is 16.2. The summed E-state index contributed by atoms with van der Waals surface area (Å²) in [5.41, 5.74) is 3.82. The maximum absolute atomic E-state index is 11.9. The van der Waals surface area contributed by atoms with Gasteiger partial charge < -0.3 is 9.88 Å². The molecule has 5 rings (SSSR count). The molecule has 1 fully saturated rings. The highest BCUT2D eigenvalue weighted by molar-refractivity contribution is 5.83. The number of nitrogens with one attached hydrogen (secondary N) is 2. The monoisotopic (exact) mass is 335 g/mol. The molecule has 7 heteroatoms. The van der Waals surface area contributed by atoms with E-state index in [1.165, 1.54) is 12.0 Å². The van der Waals surface area contributed by atoms with E-state index in [4.69, 9.17) is 9.97 Å². The number of rotatable bonds is 2. The molecule has 2 N–H and O–H groups in total. The van der Waals surface area contributed by atoms with Crippen LogP contribution in [0.5, 0.6) is 0 Å². The molecule has 3 aromatic rings. The first kappa shape index (κ1) is 14.4. The van der Waals surface area contributed by atoms with Gasteiger partial charge in [-0.15, -0.1) is 0 Å². The molecule has 0 radical (unpaired) electrons. The Balaban J connectivity index is 1.72. The fourth-order valence-electron chi connectivity index (χ4n) is 3.63. The van der Waals surface area contributed by atoms with E-state index < -0.39 is 5.69 Å². The van der Waals surface area contributed by atoms with E-state index in [0.29, 0.717) is 10.9 Å². The number of aromatic nitrogens is 4. The van der Waals surface area contributed by atoms with Crippen molar-refractivity contribution in [3.8, 4) is 11.3 Å². The molecule has 0 saturated carbocycles. The van der Waals surface area contributed by atoms with Crippen molar-refractivity contribution in [2.75, 3.05) is 18.0 Å². The molecule has 7 nitrogen and oxygen atoms in total. The minimum absolute atomic E-state index is 0.375. The van der Waals surface area contributed by atoms with Crippen molar-refractivity contribution in [3.63, 3.8) is 0 Å². The van der Waals surface area contributed by atoms with Crippen molar-refractivity contribution in [3.05, 3.63) is 50.3 Å². The molecule has 0 atom stereocenters. The minimum Gasteiger partial charge on any atom is -0.341 e. The van der Waals surface area contributed by atoms with Gasteiger partial charge in [0.05, 0.1) is 16.6 Å². The van der Waals surface area contributed by atoms with Gasteiger partial charge in [0.1, 0.15) is 0 Å². The summed E-state index contributed by atoms with van der Waals surface area (Å²) in [6, 6.07) is 5.48. The Morgan fingerprint density at radius 1 is 1.00 bits per heavy atom. The second-order valence-corrected chi connectivity index (χ2v) is 6.66. The first-order valence-electron chi connectivity index (χ1n) is 8.60. The van der Waals surface area contributed by atoms with E-state index in [1.54, 1.807) is 6.07 Å². The van der Waals surface area contributed by atoms with E-state index in [9.17, 15) is 9.59 Å². The molecule has 126 valence electrons. The lowest BCUT2D eigenvalue weighted by molar-refractivity contribution is 0.599. The fourth-order valence-corrected chi connectivity index (χ4v) is 3.63. The number of benzene rings is 1. The van der Waals surface area contributed by atoms with E-state index in [0.717, 1.165) is 55.3 Å². The van der Waals surface area contributed by atoms with Crippen LogP contribution in [0.15, 0.2) is 27.8 Å². The van der Waals surface area contributed by atoms with Crippen molar-refractivity contribution in [1.29, 1.82) is 0 Å². The van der Waals surface area contributed by atoms with Crippen molar-refractivity contribution in [1.82, 2.24) is 19.9 Å². The predicted molar refractivity (Wildman–Crippen MR) is 95.1 cm³/mol. The van der Waals surface area contributed by atoms with Crippen LogP contribution < -0.4 is 16.1 Å². The summed E-state index contributed by atoms with van der Waals surface area (Å²) < 4.78 is 0. The van der Waals surface area contributed by atoms with Gasteiger partial charge in [-0.1, -0.05) is 6.07 Å². The van der Waals surface area contributed by atoms with Gasteiger partial charge >= 0.3 is 5.69 Å². The second kappa shape index (κ2) is 5.27. The standard InChI is InChI=1S/C18H17N5O2/c24-16-12-6-5-10(9-14(12)20-18(25)22-16)15-11-3-1-4-13(11)19-17(21-15)23-7-2-8-23/h5-6,9H,1-4,7-8H2,(H2,20,22,24,25). The zero-order valence-corrected chi connectivity index (χ0v) is 13.6. The molecular weight excluding hydrogens is 318 g/mol. The van der Waals surface area contributed by atoms with Crippen molar-refractivity contribution >= 4 is 16.9 Å². The summed E-state index contributed by atoms with van der Waals surface area (Å²) in [4.78, 5) is 40.2. The van der Waals surface area contributed by atoms with Crippen LogP contribution in [-0.2, 0) is 12.8 Å². The maximum Gasteiger partial charge on any atom is 0.326 e. The van der Waals surface area contributed by atoms with Crippen LogP contribution in [0.25, 0.3) is 22.2 Å². The summed E-state index contributed by atoms with van der Waals surface area (Å²) >= 11 is 0. The number of fused-ring (bicyclic) bond motifs is 2. The summed E-state index contributed by atoms with van der Waals surface area (Å²) in [5.74, 6) is 0.793. The number of anilines is 1. The number of nitrogens with zero attached hydrogens (tertiary/aromatic N) is 3. The Morgan fingerprint density at radius 3 is 2.68 bits per heavy atom. The zero-order valence-electron chi connectivity index (χ0n) is 13.6. The minimum atomic E-state index is -0.496. The lowest BCUT2D eigenvalue weighted by Crippen LogP contribution is -2.38. The highest BCUT2D eigenvalue weighted by Crippen LogP contribution is 2.33. The molecule has 1 aliphatic heterocycles. The van der Waals surface area contributed by atoms with Crippen LogP contribution in [0, 0.1) is 0 Å². The summed E-state index contributed by atoms with van der Waals surface area (Å²) in [7, 11) is 0. The quantitative estimate of drug-likeness (QED) is 0.738. The Kier molecular flexibility index (Phi) is 3.03. The Bertz CT molecular complexity index is 1110. The third-order valence-corrected chi connectivity index (χ3v) is 5.07. The molecule has 0 spiro atoms. The van der Waals surface area contributed by atoms with Gasteiger partial charge in [-0.2, -0.15) is 0 Å². The van der Waals surface area contributed by atoms with Crippen molar-refractivity contribution in [2.24, 2.45) is 0 Å². The molecule has 2 aromatic heterocycles. The van der Waals surface area contributed by atoms with Crippen LogP contribution in [-0.4, -0.2) is 33.0 Å². The SMILES string of the molecule is O=c1[nH]c(=O)c2ccc(-c3nc(N4CCC4)nc4c3CCC4)cc2[nH]1. The maximum atomic E-state index is 11.9. The second-order valence-electron chi connectivity index (χ2n) is 6.66. The van der Waals surface area contributed by atoms with E-state index in [-0.39, 0.29) is 5.56 Å². The number of hydrogen-bond donors (Lipinski definition) is 2. The smallest absolute Gasteiger partial charge is 0.326 e. The molecule has 0 bridgehead atoms. The van der Waals surface area contributed by atoms with E-state index in [2.05, 4.69) is 14.9 Å². The van der Waals surface area contributed by atoms with Crippen LogP contribution in [0.1, 0.15) is 24.1 Å². The van der Waals surface area contributed by atoms with Crippen molar-refractivity contribution < 1.29 is 0 Å². The molecule has 1 saturated heterocycles. The molecule has 25 heavy (non-hydrogen) atoms. The first-order chi connectivity index (χ1) is 12.2. The van der Waals surface area contributed by atoms with Gasteiger partial charge in [-0.05, 0) is 37.8 Å². The number of aryl methyl sites for hydroxylation is 1. The molecule has 1 aliphatic carbocycles. The van der Waals surface area contributed by atoms with Gasteiger partial charge in [-0.3, -0.25) is 9.78 Å². The van der Waals surface area contributed by atoms with Crippen LogP contribution in [0.2, 0.25) is 0 Å². The molecule has 2 aliphatic rings. The molecule has 0 unspecified atom stereocenters. The van der Waals surface area contributed by atoms with Gasteiger partial charge in [0.25, 0.3) is 5.56 Å². The topological polar surface area (TPSA) is 94.7 Å². The first-order valence-corrected chi connectivity index (χ1v) is 8.60. The molecule has 1 aromatic carbocycles. The lowest BCUT2D eigenvalue weighted by atomic mass is 10.0. The average Bonchev–Trinajstić information content (AvgIpc) is 3.00. The average molecular weight is 335 g/mol. The summed E-state index contributed by atoms with van der Waals surface area (Å²) in [6.45, 7) is 2.00. The normalized spacial score (nSPS) is 16.1. The Hall–Kier alpha value is -2.96. The largest absolute Gasteiger partial charge is 0.341 e. The molecule has 0 amide bonds. The Labute approximate surface area is 142 Å². The van der Waals surface area contributed by atoms with Crippen LogP contribution >= 0.6 is 0 Å². The van der Waals surface area contributed by atoms with Crippen molar-refractivity contribution in [2.45, 2.75) is 25.7 Å². The van der Waals surface area contributed by atoms with Gasteiger partial charge in [0, 0.05) is 29.9 Å². The lowest BCUT2D eigenvalue weighted by Gasteiger charge is -2.31. The molecular formula is C18H17N5O2. The number of aromatic amines is 2. The fraction of sp³-hybridized carbons (Fsp3) is 0.333. The third-order valence-electron chi connectivity index (χ3n) is 5.07. The van der Waals surface area contributed by atoms with Crippen LogP contribution in [0.4, 0.5) is 5.95 Å². The summed E-state index contributed by atoms with van der Waals surface area (Å²) in [5, 5.41) is 0.469. The van der Waals surface area contributed by atoms with Gasteiger partial charge in [0.2, 0.25) is 5.95 Å². The zero-order chi connectivity index (χ0) is 17.0.